The molecule has 0 aromatic heterocycles. The molecule has 9 heteroatoms. The summed E-state index contributed by atoms with van der Waals surface area (Å²) < 4.78 is 0. The molecule has 0 fully saturated rings. The van der Waals surface area contributed by atoms with E-state index >= 15 is 0 Å². The Morgan fingerprint density at radius 2 is 0.778 bits per heavy atom. The fourth-order valence-corrected chi connectivity index (χ4v) is 0.981. The van der Waals surface area contributed by atoms with E-state index in [1.807, 2.05) is 0 Å². The predicted octanol–water partition coefficient (Wildman–Crippen LogP) is -12.2. The third kappa shape index (κ3) is 6.70. The van der Waals surface area contributed by atoms with E-state index in [4.69, 9.17) is 0 Å². The Kier molecular flexibility index (Phi) is 13.7. The molecule has 0 aliphatic heterocycles. The molecule has 0 aliphatic rings. The zero-order chi connectivity index (χ0) is 11.6. The fraction of sp³-hybridized carbons (Fsp3) is 0. The second-order valence-electron chi connectivity index (χ2n) is 2.66. The fourth-order valence-electron chi connectivity index (χ4n) is 0.981. The van der Waals surface area contributed by atoms with E-state index < -0.39 is 34.6 Å². The van der Waals surface area contributed by atoms with Crippen LogP contribution in [0.3, 0.4) is 0 Å². The van der Waals surface area contributed by atoms with Crippen LogP contribution in [0, 0.1) is 0 Å². The predicted molar refractivity (Wildman–Crippen MR) is 39.4 cm³/mol. The Hall–Kier alpha value is 0.630. The molecule has 0 amide bonds. The number of carboxylic acids is 3. The number of rotatable bonds is 3. The number of carbonyl (C=O) groups is 3. The Morgan fingerprint density at radius 3 is 0.889 bits per heavy atom. The van der Waals surface area contributed by atoms with Gasteiger partial charge in [-0.3, -0.25) is 0 Å². The zero-order valence-electron chi connectivity index (χ0n) is 10.2. The summed E-state index contributed by atoms with van der Waals surface area (Å²) in [5, 5.41) is 31.2. The average Bonchev–Trinajstić information content (AvgIpc) is 2.16. The number of hydrogen-bond donors (Lipinski definition) is 0. The van der Waals surface area contributed by atoms with E-state index in [2.05, 4.69) is 0 Å². The summed E-state index contributed by atoms with van der Waals surface area (Å²) >= 11 is 0. The Bertz CT molecular complexity index is 381. The molecular formula is C9H3Na3O6. The van der Waals surface area contributed by atoms with Crippen LogP contribution in [0.15, 0.2) is 18.2 Å². The van der Waals surface area contributed by atoms with Crippen molar-refractivity contribution in [3.05, 3.63) is 34.9 Å². The smallest absolute Gasteiger partial charge is 0.545 e. The summed E-state index contributed by atoms with van der Waals surface area (Å²) in [6.45, 7) is 0. The summed E-state index contributed by atoms with van der Waals surface area (Å²) in [6.07, 6.45) is 0. The minimum absolute atomic E-state index is 0. The van der Waals surface area contributed by atoms with E-state index in [0.29, 0.717) is 0 Å². The molecule has 0 unspecified atom stereocenters. The van der Waals surface area contributed by atoms with Crippen molar-refractivity contribution >= 4 is 17.9 Å². The van der Waals surface area contributed by atoms with Crippen molar-refractivity contribution in [3.63, 3.8) is 0 Å². The van der Waals surface area contributed by atoms with Crippen LogP contribution < -0.4 is 104 Å². The molecule has 1 aromatic rings. The molecule has 0 aliphatic carbocycles. The molecule has 0 bridgehead atoms. The normalized spacial score (nSPS) is 8.00. The van der Waals surface area contributed by atoms with Gasteiger partial charge in [0.15, 0.2) is 0 Å². The van der Waals surface area contributed by atoms with Crippen LogP contribution in [0.1, 0.15) is 31.1 Å². The summed E-state index contributed by atoms with van der Waals surface area (Å²) in [4.78, 5) is 31.2. The largest absolute Gasteiger partial charge is 1.00 e. The second kappa shape index (κ2) is 10.4. The molecule has 78 valence electrons. The van der Waals surface area contributed by atoms with Crippen molar-refractivity contribution in [2.75, 3.05) is 0 Å². The molecule has 1 rings (SSSR count). The molecule has 6 nitrogen and oxygen atoms in total. The van der Waals surface area contributed by atoms with Crippen molar-refractivity contribution in [1.29, 1.82) is 0 Å². The average molecular weight is 276 g/mol. The van der Waals surface area contributed by atoms with Gasteiger partial charge < -0.3 is 29.7 Å². The second-order valence-corrected chi connectivity index (χ2v) is 2.66. The third-order valence-corrected chi connectivity index (χ3v) is 1.64. The quantitative estimate of drug-likeness (QED) is 0.505. The molecule has 0 saturated carbocycles. The van der Waals surface area contributed by atoms with Crippen LogP contribution in [0.25, 0.3) is 0 Å². The first-order chi connectivity index (χ1) is 6.91. The minimum atomic E-state index is -1.68. The number of carboxylic acid groups (broad SMARTS) is 3. The summed E-state index contributed by atoms with van der Waals surface area (Å²) in [7, 11) is 0. The summed E-state index contributed by atoms with van der Waals surface area (Å²) in [5.74, 6) is -5.04. The molecule has 0 atom stereocenters. The molecule has 0 radical (unpaired) electrons. The van der Waals surface area contributed by atoms with Crippen LogP contribution in [-0.4, -0.2) is 17.9 Å². The van der Waals surface area contributed by atoms with Gasteiger partial charge in [0.1, 0.15) is 0 Å². The standard InChI is InChI=1S/C9H6O6.3Na/c10-7(11)4-1-5(8(12)13)3-6(2-4)9(14)15;;;/h1-3H,(H,10,11)(H,12,13)(H,14,15);;;/q;3*+1/p-3. The van der Waals surface area contributed by atoms with Gasteiger partial charge in [0.25, 0.3) is 0 Å². The Balaban J connectivity index is -0.000000750. The SMILES string of the molecule is O=C([O-])c1cc(C(=O)[O-])cc(C(=O)[O-])c1.[Na+].[Na+].[Na+]. The number of carbonyl (C=O) groups excluding carboxylic acids is 3. The number of hydrogen-bond acceptors (Lipinski definition) is 6. The summed E-state index contributed by atoms with van der Waals surface area (Å²) in [5.41, 5.74) is -1.68. The van der Waals surface area contributed by atoms with E-state index in [-0.39, 0.29) is 88.7 Å². The number of aromatic carboxylic acids is 3. The van der Waals surface area contributed by atoms with E-state index in [1.54, 1.807) is 0 Å². The first-order valence-corrected chi connectivity index (χ1v) is 3.71. The molecule has 18 heavy (non-hydrogen) atoms. The monoisotopic (exact) mass is 276 g/mol. The van der Waals surface area contributed by atoms with Crippen LogP contribution in [0.4, 0.5) is 0 Å². The van der Waals surface area contributed by atoms with Crippen LogP contribution >= 0.6 is 0 Å². The Morgan fingerprint density at radius 1 is 0.611 bits per heavy atom. The van der Waals surface area contributed by atoms with Crippen LogP contribution in [0.5, 0.6) is 0 Å². The van der Waals surface area contributed by atoms with Crippen molar-refractivity contribution in [3.8, 4) is 0 Å². The third-order valence-electron chi connectivity index (χ3n) is 1.64. The van der Waals surface area contributed by atoms with Gasteiger partial charge in [-0.15, -0.1) is 0 Å². The van der Waals surface area contributed by atoms with Gasteiger partial charge in [-0.1, -0.05) is 0 Å². The maximum absolute atomic E-state index is 10.4. The van der Waals surface area contributed by atoms with Crippen LogP contribution in [-0.2, 0) is 0 Å². The minimum Gasteiger partial charge on any atom is -0.545 e. The van der Waals surface area contributed by atoms with Gasteiger partial charge in [-0.2, -0.15) is 0 Å². The summed E-state index contributed by atoms with van der Waals surface area (Å²) in [6, 6.07) is 2.24. The van der Waals surface area contributed by atoms with E-state index in [9.17, 15) is 29.7 Å². The van der Waals surface area contributed by atoms with Crippen LogP contribution in [0.2, 0.25) is 0 Å². The van der Waals surface area contributed by atoms with Crippen molar-refractivity contribution in [1.82, 2.24) is 0 Å². The first kappa shape index (κ1) is 23.7. The molecule has 0 N–H and O–H groups in total. The molecule has 0 spiro atoms. The molecule has 0 heterocycles. The van der Waals surface area contributed by atoms with Crippen molar-refractivity contribution in [2.24, 2.45) is 0 Å². The number of benzene rings is 1. The molecular weight excluding hydrogens is 273 g/mol. The van der Waals surface area contributed by atoms with E-state index in [0.717, 1.165) is 18.2 Å². The van der Waals surface area contributed by atoms with Crippen molar-refractivity contribution < 1.29 is 118 Å². The zero-order valence-corrected chi connectivity index (χ0v) is 16.2. The van der Waals surface area contributed by atoms with Crippen molar-refractivity contribution in [2.45, 2.75) is 0 Å². The Labute approximate surface area is 169 Å². The van der Waals surface area contributed by atoms with Gasteiger partial charge >= 0.3 is 88.7 Å². The molecule has 0 saturated heterocycles. The van der Waals surface area contributed by atoms with Gasteiger partial charge in [-0.25, -0.2) is 0 Å². The van der Waals surface area contributed by atoms with Gasteiger partial charge in [0, 0.05) is 0 Å². The van der Waals surface area contributed by atoms with Gasteiger partial charge in [0.05, 0.1) is 17.9 Å². The maximum Gasteiger partial charge on any atom is 1.00 e. The maximum atomic E-state index is 10.4. The topological polar surface area (TPSA) is 120 Å². The first-order valence-electron chi connectivity index (χ1n) is 3.71. The van der Waals surface area contributed by atoms with Gasteiger partial charge in [0.2, 0.25) is 0 Å². The van der Waals surface area contributed by atoms with E-state index in [1.165, 1.54) is 0 Å². The van der Waals surface area contributed by atoms with Gasteiger partial charge in [-0.05, 0) is 34.9 Å². The molecule has 1 aromatic carbocycles.